The molecule has 1 fully saturated rings. The fourth-order valence-corrected chi connectivity index (χ4v) is 4.74. The summed E-state index contributed by atoms with van der Waals surface area (Å²) < 4.78 is 0. The lowest BCUT2D eigenvalue weighted by Crippen LogP contribution is -2.47. The van der Waals surface area contributed by atoms with E-state index in [0.717, 1.165) is 25.7 Å². The normalized spacial score (nSPS) is 30.9. The first-order valence-electron chi connectivity index (χ1n) is 8.65. The molecule has 0 saturated heterocycles. The minimum atomic E-state index is -0.776. The smallest absolute Gasteiger partial charge is 0.0963 e. The maximum Gasteiger partial charge on any atom is 0.0963 e. The van der Waals surface area contributed by atoms with Gasteiger partial charge in [0.1, 0.15) is 0 Å². The third kappa shape index (κ3) is 2.26. The Hall–Kier alpha value is -1.86. The van der Waals surface area contributed by atoms with Crippen LogP contribution in [0.5, 0.6) is 0 Å². The van der Waals surface area contributed by atoms with E-state index in [1.807, 2.05) is 0 Å². The Kier molecular flexibility index (Phi) is 3.42. The molecule has 1 unspecified atom stereocenters. The minimum absolute atomic E-state index is 0.152. The van der Waals surface area contributed by atoms with Gasteiger partial charge in [0.15, 0.2) is 0 Å². The maximum absolute atomic E-state index is 11.7. The summed E-state index contributed by atoms with van der Waals surface area (Å²) in [5.74, 6) is 0.350. The third-order valence-electron chi connectivity index (χ3n) is 5.87. The molecule has 1 N–H and O–H groups in total. The van der Waals surface area contributed by atoms with Gasteiger partial charge in [0, 0.05) is 11.8 Å². The number of aliphatic hydroxyl groups is 1. The van der Waals surface area contributed by atoms with Crippen LogP contribution in [0.3, 0.4) is 0 Å². The number of allylic oxidation sites excluding steroid dienone is 1. The van der Waals surface area contributed by atoms with Gasteiger partial charge in [0.05, 0.1) is 5.60 Å². The van der Waals surface area contributed by atoms with Crippen molar-refractivity contribution in [2.75, 3.05) is 0 Å². The van der Waals surface area contributed by atoms with Crippen molar-refractivity contribution >= 4 is 10.8 Å². The Bertz CT molecular complexity index is 795. The standard InChI is InChI=1S/C22H24O/c1-15-10-12-20-16(2)11-13-21(22(20,23)14-15)19-9-5-7-17-6-3-4-8-18(17)19/h3-9,14,20-21,23H,2,10-13H2,1H3/t20-,21-,22?/m1/s1. The first-order valence-corrected chi connectivity index (χ1v) is 8.65. The zero-order valence-corrected chi connectivity index (χ0v) is 13.8. The summed E-state index contributed by atoms with van der Waals surface area (Å²) in [5, 5.41) is 14.2. The van der Waals surface area contributed by atoms with Crippen LogP contribution in [0.1, 0.15) is 44.1 Å². The third-order valence-corrected chi connectivity index (χ3v) is 5.87. The fraction of sp³-hybridized carbons (Fsp3) is 0.364. The quantitative estimate of drug-likeness (QED) is 0.703. The lowest BCUT2D eigenvalue weighted by atomic mass is 9.60. The highest BCUT2D eigenvalue weighted by Gasteiger charge is 2.48. The monoisotopic (exact) mass is 304 g/mol. The topological polar surface area (TPSA) is 20.2 Å². The fourth-order valence-electron chi connectivity index (χ4n) is 4.74. The van der Waals surface area contributed by atoms with E-state index in [1.165, 1.54) is 27.5 Å². The molecule has 118 valence electrons. The van der Waals surface area contributed by atoms with Crippen molar-refractivity contribution in [2.24, 2.45) is 5.92 Å². The Morgan fingerprint density at radius 3 is 2.61 bits per heavy atom. The van der Waals surface area contributed by atoms with E-state index >= 15 is 0 Å². The molecule has 0 heterocycles. The second-order valence-corrected chi connectivity index (χ2v) is 7.29. The summed E-state index contributed by atoms with van der Waals surface area (Å²) in [7, 11) is 0. The molecule has 4 rings (SSSR count). The van der Waals surface area contributed by atoms with Crippen molar-refractivity contribution in [3.8, 4) is 0 Å². The largest absolute Gasteiger partial charge is 0.385 e. The molecule has 1 heteroatoms. The molecule has 0 spiro atoms. The van der Waals surface area contributed by atoms with Crippen LogP contribution in [-0.2, 0) is 0 Å². The Morgan fingerprint density at radius 2 is 1.74 bits per heavy atom. The summed E-state index contributed by atoms with van der Waals surface area (Å²) in [6, 6.07) is 15.0. The van der Waals surface area contributed by atoms with Gasteiger partial charge in [-0.25, -0.2) is 0 Å². The van der Waals surface area contributed by atoms with Crippen molar-refractivity contribution in [3.05, 3.63) is 71.8 Å². The van der Waals surface area contributed by atoms with Gasteiger partial charge < -0.3 is 5.11 Å². The van der Waals surface area contributed by atoms with Gasteiger partial charge in [0.25, 0.3) is 0 Å². The number of hydrogen-bond acceptors (Lipinski definition) is 1. The van der Waals surface area contributed by atoms with Gasteiger partial charge in [-0.05, 0) is 48.9 Å². The predicted molar refractivity (Wildman–Crippen MR) is 96.5 cm³/mol. The van der Waals surface area contributed by atoms with Gasteiger partial charge in [-0.1, -0.05) is 66.3 Å². The van der Waals surface area contributed by atoms with E-state index in [-0.39, 0.29) is 11.8 Å². The van der Waals surface area contributed by atoms with Crippen LogP contribution < -0.4 is 0 Å². The Balaban J connectivity index is 1.90. The van der Waals surface area contributed by atoms with Crippen molar-refractivity contribution < 1.29 is 5.11 Å². The predicted octanol–water partition coefficient (Wildman–Crippen LogP) is 5.36. The van der Waals surface area contributed by atoms with Crippen molar-refractivity contribution in [2.45, 2.75) is 44.1 Å². The highest BCUT2D eigenvalue weighted by Crippen LogP contribution is 2.52. The van der Waals surface area contributed by atoms with E-state index in [2.05, 4.69) is 62.0 Å². The molecule has 0 aliphatic heterocycles. The molecule has 2 aromatic carbocycles. The molecule has 23 heavy (non-hydrogen) atoms. The molecule has 0 radical (unpaired) electrons. The lowest BCUT2D eigenvalue weighted by molar-refractivity contribution is -0.00970. The molecule has 0 aromatic heterocycles. The lowest BCUT2D eigenvalue weighted by Gasteiger charge is -2.48. The molecular formula is C22H24O. The van der Waals surface area contributed by atoms with Crippen LogP contribution in [0.25, 0.3) is 10.8 Å². The van der Waals surface area contributed by atoms with Crippen LogP contribution in [-0.4, -0.2) is 10.7 Å². The summed E-state index contributed by atoms with van der Waals surface area (Å²) >= 11 is 0. The molecule has 0 amide bonds. The summed E-state index contributed by atoms with van der Waals surface area (Å²) in [6.07, 6.45) is 6.24. The van der Waals surface area contributed by atoms with Crippen LogP contribution in [0.2, 0.25) is 0 Å². The average Bonchev–Trinajstić information content (AvgIpc) is 2.54. The van der Waals surface area contributed by atoms with Crippen LogP contribution in [0.4, 0.5) is 0 Å². The van der Waals surface area contributed by atoms with Crippen LogP contribution >= 0.6 is 0 Å². The van der Waals surface area contributed by atoms with Gasteiger partial charge in [-0.15, -0.1) is 0 Å². The van der Waals surface area contributed by atoms with E-state index in [0.29, 0.717) is 0 Å². The summed E-state index contributed by atoms with van der Waals surface area (Å²) in [5.41, 5.74) is 3.05. The van der Waals surface area contributed by atoms with E-state index in [9.17, 15) is 5.11 Å². The van der Waals surface area contributed by atoms with Gasteiger partial charge in [-0.2, -0.15) is 0 Å². The van der Waals surface area contributed by atoms with Crippen LogP contribution in [0, 0.1) is 5.92 Å². The molecule has 1 nitrogen and oxygen atoms in total. The maximum atomic E-state index is 11.7. The number of hydrogen-bond donors (Lipinski definition) is 1. The van der Waals surface area contributed by atoms with E-state index in [1.54, 1.807) is 0 Å². The second kappa shape index (κ2) is 5.35. The number of rotatable bonds is 1. The first-order chi connectivity index (χ1) is 11.1. The molecule has 2 aromatic rings. The average molecular weight is 304 g/mol. The molecule has 0 bridgehead atoms. The summed E-state index contributed by atoms with van der Waals surface area (Å²) in [6.45, 7) is 6.41. The molecule has 3 atom stereocenters. The van der Waals surface area contributed by atoms with Gasteiger partial charge in [-0.3, -0.25) is 0 Å². The number of fused-ring (bicyclic) bond motifs is 2. The van der Waals surface area contributed by atoms with Gasteiger partial charge in [0.2, 0.25) is 0 Å². The molecule has 2 aliphatic carbocycles. The van der Waals surface area contributed by atoms with Crippen molar-refractivity contribution in [3.63, 3.8) is 0 Å². The molecular weight excluding hydrogens is 280 g/mol. The SMILES string of the molecule is C=C1CC[C@H](c2cccc3ccccc23)C2(O)C=C(C)CC[C@H]12. The van der Waals surface area contributed by atoms with E-state index < -0.39 is 5.60 Å². The first kappa shape index (κ1) is 14.7. The summed E-state index contributed by atoms with van der Waals surface area (Å²) in [4.78, 5) is 0. The molecule has 1 saturated carbocycles. The van der Waals surface area contributed by atoms with Crippen molar-refractivity contribution in [1.29, 1.82) is 0 Å². The Morgan fingerprint density at radius 1 is 1.00 bits per heavy atom. The zero-order valence-electron chi connectivity index (χ0n) is 13.8. The highest BCUT2D eigenvalue weighted by atomic mass is 16.3. The zero-order chi connectivity index (χ0) is 16.0. The van der Waals surface area contributed by atoms with Crippen LogP contribution in [0.15, 0.2) is 66.3 Å². The van der Waals surface area contributed by atoms with Crippen molar-refractivity contribution in [1.82, 2.24) is 0 Å². The second-order valence-electron chi connectivity index (χ2n) is 7.29. The number of benzene rings is 2. The molecule has 2 aliphatic rings. The minimum Gasteiger partial charge on any atom is -0.385 e. The van der Waals surface area contributed by atoms with E-state index in [4.69, 9.17) is 0 Å². The Labute approximate surface area is 138 Å². The van der Waals surface area contributed by atoms with Gasteiger partial charge >= 0.3 is 0 Å². The highest BCUT2D eigenvalue weighted by molar-refractivity contribution is 5.86.